The molecule has 0 aliphatic carbocycles. The van der Waals surface area contributed by atoms with Gasteiger partial charge in [-0.2, -0.15) is 5.10 Å². The monoisotopic (exact) mass is 383 g/mol. The Morgan fingerprint density at radius 1 is 1.41 bits per heavy atom. The Balaban J connectivity index is 1.34. The normalized spacial score (nSPS) is 17.0. The predicted octanol–water partition coefficient (Wildman–Crippen LogP) is 2.36. The summed E-state index contributed by atoms with van der Waals surface area (Å²) in [6, 6.07) is 7.92. The van der Waals surface area contributed by atoms with E-state index < -0.39 is 0 Å². The quantitative estimate of drug-likeness (QED) is 0.663. The second-order valence-corrected chi connectivity index (χ2v) is 7.80. The van der Waals surface area contributed by atoms with Crippen LogP contribution in [0.2, 0.25) is 0 Å². The highest BCUT2D eigenvalue weighted by atomic mass is 32.1. The molecule has 1 unspecified atom stereocenters. The molecule has 1 saturated heterocycles. The molecule has 1 fully saturated rings. The maximum atomic E-state index is 12.4. The van der Waals surface area contributed by atoms with Crippen LogP contribution in [0.15, 0.2) is 36.7 Å². The summed E-state index contributed by atoms with van der Waals surface area (Å²) >= 11 is 1.50. The Kier molecular flexibility index (Phi) is 4.89. The molecule has 3 heterocycles. The summed E-state index contributed by atoms with van der Waals surface area (Å²) in [4.78, 5) is 31.0. The van der Waals surface area contributed by atoms with Crippen LogP contribution in [0, 0.1) is 12.8 Å². The second-order valence-electron chi connectivity index (χ2n) is 6.79. The van der Waals surface area contributed by atoms with Crippen LogP contribution in [0.3, 0.4) is 0 Å². The Bertz CT molecular complexity index is 966. The highest BCUT2D eigenvalue weighted by Crippen LogP contribution is 2.33. The molecule has 0 spiro atoms. The summed E-state index contributed by atoms with van der Waals surface area (Å²) in [7, 11) is 0. The number of nitrogens with one attached hydrogen (secondary N) is 1. The van der Waals surface area contributed by atoms with Gasteiger partial charge in [0, 0.05) is 38.4 Å². The first-order chi connectivity index (χ1) is 13.1. The van der Waals surface area contributed by atoms with E-state index in [0.29, 0.717) is 18.2 Å². The number of aryl methyl sites for hydroxylation is 2. The molecule has 1 atom stereocenters. The van der Waals surface area contributed by atoms with Gasteiger partial charge in [-0.1, -0.05) is 17.4 Å². The lowest BCUT2D eigenvalue weighted by atomic mass is 10.1. The van der Waals surface area contributed by atoms with Gasteiger partial charge >= 0.3 is 0 Å². The summed E-state index contributed by atoms with van der Waals surface area (Å²) in [6.45, 7) is 3.76. The van der Waals surface area contributed by atoms with E-state index in [9.17, 15) is 9.59 Å². The molecule has 8 heteroatoms. The number of fused-ring (bicyclic) bond motifs is 1. The Morgan fingerprint density at radius 3 is 3.11 bits per heavy atom. The van der Waals surface area contributed by atoms with Crippen molar-refractivity contribution in [2.45, 2.75) is 26.3 Å². The molecule has 7 nitrogen and oxygen atoms in total. The number of aromatic nitrogens is 3. The van der Waals surface area contributed by atoms with E-state index in [1.54, 1.807) is 11.1 Å². The van der Waals surface area contributed by atoms with Gasteiger partial charge in [0.1, 0.15) is 0 Å². The number of benzene rings is 1. The summed E-state index contributed by atoms with van der Waals surface area (Å²) in [5, 5.41) is 7.75. The number of amides is 2. The standard InChI is InChI=1S/C19H21N5O2S/c1-13-4-5-15-16(10-13)27-19(22-15)24-12-14(11-17(24)25)18(26)20-6-2-8-23-9-3-7-21-23/h3-5,7,9-10,14H,2,6,8,11-12H2,1H3,(H,20,26). The summed E-state index contributed by atoms with van der Waals surface area (Å²) in [5.74, 6) is -0.429. The molecule has 1 aliphatic rings. The van der Waals surface area contributed by atoms with Crippen LogP contribution < -0.4 is 10.2 Å². The van der Waals surface area contributed by atoms with Gasteiger partial charge in [0.15, 0.2) is 5.13 Å². The minimum absolute atomic E-state index is 0.0394. The lowest BCUT2D eigenvalue weighted by Crippen LogP contribution is -2.33. The fraction of sp³-hybridized carbons (Fsp3) is 0.368. The minimum atomic E-state index is -0.323. The molecule has 0 radical (unpaired) electrons. The highest BCUT2D eigenvalue weighted by Gasteiger charge is 2.36. The molecule has 0 saturated carbocycles. The van der Waals surface area contributed by atoms with Crippen LogP contribution in [0.4, 0.5) is 5.13 Å². The highest BCUT2D eigenvalue weighted by molar-refractivity contribution is 7.22. The van der Waals surface area contributed by atoms with Crippen molar-refractivity contribution in [3.05, 3.63) is 42.2 Å². The van der Waals surface area contributed by atoms with E-state index in [-0.39, 0.29) is 24.2 Å². The zero-order chi connectivity index (χ0) is 18.8. The van der Waals surface area contributed by atoms with E-state index in [4.69, 9.17) is 0 Å². The first-order valence-corrected chi connectivity index (χ1v) is 9.84. The van der Waals surface area contributed by atoms with Crippen molar-refractivity contribution in [2.75, 3.05) is 18.0 Å². The molecular weight excluding hydrogens is 362 g/mol. The lowest BCUT2D eigenvalue weighted by Gasteiger charge is -2.13. The fourth-order valence-electron chi connectivity index (χ4n) is 3.23. The van der Waals surface area contributed by atoms with Crippen molar-refractivity contribution in [1.29, 1.82) is 0 Å². The molecule has 3 aromatic rings. The van der Waals surface area contributed by atoms with Crippen molar-refractivity contribution in [1.82, 2.24) is 20.1 Å². The predicted molar refractivity (Wildman–Crippen MR) is 105 cm³/mol. The van der Waals surface area contributed by atoms with Gasteiger partial charge in [-0.05, 0) is 37.1 Å². The molecule has 2 aromatic heterocycles. The number of hydrogen-bond acceptors (Lipinski definition) is 5. The van der Waals surface area contributed by atoms with Crippen molar-refractivity contribution < 1.29 is 9.59 Å². The fourth-order valence-corrected chi connectivity index (χ4v) is 4.32. The third kappa shape index (κ3) is 3.85. The van der Waals surface area contributed by atoms with E-state index in [1.807, 2.05) is 36.0 Å². The van der Waals surface area contributed by atoms with Gasteiger partial charge in [0.25, 0.3) is 0 Å². The van der Waals surface area contributed by atoms with Crippen LogP contribution in [-0.2, 0) is 16.1 Å². The number of thiazole rings is 1. The van der Waals surface area contributed by atoms with E-state index in [2.05, 4.69) is 21.5 Å². The smallest absolute Gasteiger partial charge is 0.229 e. The van der Waals surface area contributed by atoms with Gasteiger partial charge in [-0.3, -0.25) is 19.2 Å². The SMILES string of the molecule is Cc1ccc2nc(N3CC(C(=O)NCCCn4cccn4)CC3=O)sc2c1. The van der Waals surface area contributed by atoms with Gasteiger partial charge in [-0.25, -0.2) is 4.98 Å². The first kappa shape index (κ1) is 17.7. The number of carbonyl (C=O) groups is 2. The molecule has 1 N–H and O–H groups in total. The van der Waals surface area contributed by atoms with Gasteiger partial charge in [0.05, 0.1) is 16.1 Å². The Labute approximate surface area is 161 Å². The second kappa shape index (κ2) is 7.48. The zero-order valence-corrected chi connectivity index (χ0v) is 15.9. The topological polar surface area (TPSA) is 80.1 Å². The van der Waals surface area contributed by atoms with Crippen molar-refractivity contribution in [2.24, 2.45) is 5.92 Å². The molecule has 27 heavy (non-hydrogen) atoms. The maximum absolute atomic E-state index is 12.4. The molecule has 1 aromatic carbocycles. The summed E-state index contributed by atoms with van der Waals surface area (Å²) < 4.78 is 2.89. The van der Waals surface area contributed by atoms with Gasteiger partial charge < -0.3 is 5.32 Å². The Morgan fingerprint density at radius 2 is 2.30 bits per heavy atom. The average molecular weight is 383 g/mol. The van der Waals surface area contributed by atoms with Gasteiger partial charge in [-0.15, -0.1) is 0 Å². The van der Waals surface area contributed by atoms with Crippen LogP contribution in [-0.4, -0.2) is 39.7 Å². The minimum Gasteiger partial charge on any atom is -0.356 e. The van der Waals surface area contributed by atoms with Gasteiger partial charge in [0.2, 0.25) is 11.8 Å². The third-order valence-corrected chi connectivity index (χ3v) is 5.72. The number of rotatable bonds is 6. The van der Waals surface area contributed by atoms with Crippen molar-refractivity contribution in [3.63, 3.8) is 0 Å². The number of nitrogens with zero attached hydrogens (tertiary/aromatic N) is 4. The molecule has 2 amide bonds. The molecule has 4 rings (SSSR count). The van der Waals surface area contributed by atoms with E-state index in [1.165, 1.54) is 11.3 Å². The largest absolute Gasteiger partial charge is 0.356 e. The number of anilines is 1. The number of hydrogen-bond donors (Lipinski definition) is 1. The summed E-state index contributed by atoms with van der Waals surface area (Å²) in [5.41, 5.74) is 2.05. The van der Waals surface area contributed by atoms with Crippen LogP contribution in [0.1, 0.15) is 18.4 Å². The first-order valence-electron chi connectivity index (χ1n) is 9.03. The zero-order valence-electron chi connectivity index (χ0n) is 15.1. The Hall–Kier alpha value is -2.74. The molecular formula is C19H21N5O2S. The van der Waals surface area contributed by atoms with Crippen LogP contribution in [0.25, 0.3) is 10.2 Å². The average Bonchev–Trinajstić information content (AvgIpc) is 3.37. The number of carbonyl (C=O) groups excluding carboxylic acids is 2. The lowest BCUT2D eigenvalue weighted by molar-refractivity contribution is -0.126. The van der Waals surface area contributed by atoms with Crippen LogP contribution >= 0.6 is 11.3 Å². The molecule has 0 bridgehead atoms. The van der Waals surface area contributed by atoms with E-state index in [0.717, 1.165) is 28.7 Å². The maximum Gasteiger partial charge on any atom is 0.229 e. The van der Waals surface area contributed by atoms with Crippen molar-refractivity contribution in [3.8, 4) is 0 Å². The molecule has 1 aliphatic heterocycles. The van der Waals surface area contributed by atoms with E-state index >= 15 is 0 Å². The third-order valence-electron chi connectivity index (χ3n) is 4.68. The van der Waals surface area contributed by atoms with Crippen molar-refractivity contribution >= 4 is 38.5 Å². The molecule has 140 valence electrons. The summed E-state index contributed by atoms with van der Waals surface area (Å²) in [6.07, 6.45) is 4.67. The van der Waals surface area contributed by atoms with Crippen LogP contribution in [0.5, 0.6) is 0 Å².